The van der Waals surface area contributed by atoms with Crippen molar-refractivity contribution in [2.24, 2.45) is 0 Å². The van der Waals surface area contributed by atoms with E-state index in [2.05, 4.69) is 30.4 Å². The first-order chi connectivity index (χ1) is 14.7. The molecule has 0 atom stereocenters. The molecule has 0 bridgehead atoms. The van der Waals surface area contributed by atoms with Gasteiger partial charge < -0.3 is 10.1 Å². The average Bonchev–Trinajstić information content (AvgIpc) is 3.24. The fraction of sp³-hybridized carbons (Fsp3) is 0.211. The normalized spacial score (nSPS) is 11.1. The molecule has 0 radical (unpaired) electrons. The van der Waals surface area contributed by atoms with E-state index in [1.54, 1.807) is 6.92 Å². The van der Waals surface area contributed by atoms with Crippen LogP contribution in [0.4, 0.5) is 23.8 Å². The molecule has 3 aromatic heterocycles. The van der Waals surface area contributed by atoms with Gasteiger partial charge in [0.1, 0.15) is 5.82 Å². The van der Waals surface area contributed by atoms with Gasteiger partial charge in [-0.05, 0) is 13.0 Å². The van der Waals surface area contributed by atoms with Crippen LogP contribution in [-0.4, -0.2) is 45.4 Å². The molecule has 31 heavy (non-hydrogen) atoms. The number of nitrogens with zero attached hydrogens (tertiary/aromatic N) is 4. The highest BCUT2D eigenvalue weighted by molar-refractivity contribution is 5.91. The summed E-state index contributed by atoms with van der Waals surface area (Å²) >= 11 is 0. The number of alkyl halides is 3. The molecule has 9 nitrogen and oxygen atoms in total. The number of anilines is 1. The highest BCUT2D eigenvalue weighted by Crippen LogP contribution is 2.32. The van der Waals surface area contributed by atoms with Crippen molar-refractivity contribution in [3.05, 3.63) is 54.2 Å². The maximum atomic E-state index is 13.1. The van der Waals surface area contributed by atoms with Crippen molar-refractivity contribution in [1.82, 2.24) is 25.1 Å². The quantitative estimate of drug-likeness (QED) is 0.597. The number of carbonyl (C=O) groups excluding carboxylic acids is 2. The average molecular weight is 434 g/mol. The second-order valence-electron chi connectivity index (χ2n) is 6.20. The molecule has 0 aliphatic heterocycles. The lowest BCUT2D eigenvalue weighted by Gasteiger charge is -2.13. The molecule has 3 heterocycles. The minimum absolute atomic E-state index is 0.0887. The van der Waals surface area contributed by atoms with Gasteiger partial charge in [-0.25, -0.2) is 19.3 Å². The molecule has 0 aliphatic carbocycles. The van der Waals surface area contributed by atoms with Crippen LogP contribution in [0.1, 0.15) is 22.8 Å². The number of nitrogens with one attached hydrogen (secondary N) is 2. The minimum atomic E-state index is -4.58. The first-order valence-corrected chi connectivity index (χ1v) is 8.93. The third kappa shape index (κ3) is 4.97. The van der Waals surface area contributed by atoms with Crippen LogP contribution in [0.2, 0.25) is 0 Å². The first-order valence-electron chi connectivity index (χ1n) is 8.93. The molecule has 162 valence electrons. The van der Waals surface area contributed by atoms with E-state index in [0.717, 1.165) is 10.9 Å². The van der Waals surface area contributed by atoms with Crippen LogP contribution < -0.4 is 10.6 Å². The number of ether oxygens (including phenoxy) is 1. The Morgan fingerprint density at radius 3 is 2.58 bits per heavy atom. The number of urea groups is 1. The van der Waals surface area contributed by atoms with Gasteiger partial charge in [-0.1, -0.05) is 0 Å². The zero-order chi connectivity index (χ0) is 22.6. The van der Waals surface area contributed by atoms with Crippen molar-refractivity contribution in [3.63, 3.8) is 0 Å². The van der Waals surface area contributed by atoms with Gasteiger partial charge in [0.05, 0.1) is 30.1 Å². The molecule has 3 aromatic rings. The monoisotopic (exact) mass is 434 g/mol. The van der Waals surface area contributed by atoms with Gasteiger partial charge in [0.15, 0.2) is 0 Å². The number of methoxy groups -OCH3 is 1. The molecule has 0 fully saturated rings. The van der Waals surface area contributed by atoms with Gasteiger partial charge >= 0.3 is 18.2 Å². The summed E-state index contributed by atoms with van der Waals surface area (Å²) in [6.45, 7) is 2.10. The number of rotatable bonds is 5. The van der Waals surface area contributed by atoms with Crippen LogP contribution in [0.25, 0.3) is 16.8 Å². The Morgan fingerprint density at radius 2 is 1.94 bits per heavy atom. The molecule has 12 heteroatoms. The SMILES string of the molecule is CCNC(=O)Nc1cc(-n2cc(C(F)(F)F)cn2)c(-c2cncc(C(=O)OC)c2)cn1. The van der Waals surface area contributed by atoms with Gasteiger partial charge in [0.25, 0.3) is 0 Å². The minimum Gasteiger partial charge on any atom is -0.465 e. The zero-order valence-corrected chi connectivity index (χ0v) is 16.4. The van der Waals surface area contributed by atoms with E-state index < -0.39 is 23.7 Å². The fourth-order valence-corrected chi connectivity index (χ4v) is 2.66. The summed E-state index contributed by atoms with van der Waals surface area (Å²) < 4.78 is 44.9. The lowest BCUT2D eigenvalue weighted by molar-refractivity contribution is -0.137. The zero-order valence-electron chi connectivity index (χ0n) is 16.4. The smallest absolute Gasteiger partial charge is 0.419 e. The Labute approximate surface area is 174 Å². The Hall–Kier alpha value is -3.96. The van der Waals surface area contributed by atoms with Crippen LogP contribution in [0.3, 0.4) is 0 Å². The molecular weight excluding hydrogens is 417 g/mol. The molecular formula is C19H17F3N6O3. The van der Waals surface area contributed by atoms with Crippen molar-refractivity contribution in [2.45, 2.75) is 13.1 Å². The fourth-order valence-electron chi connectivity index (χ4n) is 2.66. The second-order valence-corrected chi connectivity index (χ2v) is 6.20. The molecule has 3 rings (SSSR count). The number of pyridine rings is 2. The predicted molar refractivity (Wildman–Crippen MR) is 104 cm³/mol. The van der Waals surface area contributed by atoms with Crippen molar-refractivity contribution in [2.75, 3.05) is 19.0 Å². The van der Waals surface area contributed by atoms with Crippen LogP contribution in [0.5, 0.6) is 0 Å². The number of hydrogen-bond donors (Lipinski definition) is 2. The van der Waals surface area contributed by atoms with Gasteiger partial charge in [-0.15, -0.1) is 0 Å². The number of carbonyl (C=O) groups is 2. The van der Waals surface area contributed by atoms with Crippen molar-refractivity contribution < 1.29 is 27.5 Å². The number of halogens is 3. The van der Waals surface area contributed by atoms with Gasteiger partial charge in [-0.3, -0.25) is 10.3 Å². The van der Waals surface area contributed by atoms with E-state index in [9.17, 15) is 22.8 Å². The summed E-state index contributed by atoms with van der Waals surface area (Å²) in [5.74, 6) is -0.539. The van der Waals surface area contributed by atoms with E-state index in [1.165, 1.54) is 37.8 Å². The van der Waals surface area contributed by atoms with Crippen LogP contribution in [0.15, 0.2) is 43.1 Å². The third-order valence-electron chi connectivity index (χ3n) is 4.09. The highest BCUT2D eigenvalue weighted by atomic mass is 19.4. The molecule has 2 amide bonds. The second kappa shape index (κ2) is 8.81. The molecule has 0 aromatic carbocycles. The van der Waals surface area contributed by atoms with E-state index in [1.807, 2.05) is 0 Å². The van der Waals surface area contributed by atoms with E-state index >= 15 is 0 Å². The van der Waals surface area contributed by atoms with Crippen molar-refractivity contribution >= 4 is 17.8 Å². The molecule has 0 saturated carbocycles. The standard InChI is InChI=1S/C19H17F3N6O3/c1-3-24-18(30)27-16-5-15(28-10-13(8-26-28)19(20,21)22)14(9-25-16)11-4-12(7-23-6-11)17(29)31-2/h4-10H,3H2,1-2H3,(H2,24,25,27,30). The Kier molecular flexibility index (Phi) is 6.18. The van der Waals surface area contributed by atoms with Crippen molar-refractivity contribution in [1.29, 1.82) is 0 Å². The summed E-state index contributed by atoms with van der Waals surface area (Å²) in [5.41, 5.74) is 0.0958. The maximum absolute atomic E-state index is 13.1. The Balaban J connectivity index is 2.11. The van der Waals surface area contributed by atoms with E-state index in [-0.39, 0.29) is 17.1 Å². The number of amides is 2. The lowest BCUT2D eigenvalue weighted by Crippen LogP contribution is -2.28. The Morgan fingerprint density at radius 1 is 1.16 bits per heavy atom. The molecule has 0 aliphatic rings. The Bertz CT molecular complexity index is 1110. The number of aromatic nitrogens is 4. The summed E-state index contributed by atoms with van der Waals surface area (Å²) in [5, 5.41) is 8.82. The number of esters is 1. The molecule has 0 unspecified atom stereocenters. The van der Waals surface area contributed by atoms with Crippen molar-refractivity contribution in [3.8, 4) is 16.8 Å². The topological polar surface area (TPSA) is 111 Å². The van der Waals surface area contributed by atoms with Gasteiger partial charge in [0.2, 0.25) is 0 Å². The molecule has 0 saturated heterocycles. The van der Waals surface area contributed by atoms with Crippen LogP contribution in [0, 0.1) is 0 Å². The third-order valence-corrected chi connectivity index (χ3v) is 4.09. The van der Waals surface area contributed by atoms with Gasteiger partial charge in [-0.2, -0.15) is 18.3 Å². The van der Waals surface area contributed by atoms with E-state index in [4.69, 9.17) is 0 Å². The number of hydrogen-bond acceptors (Lipinski definition) is 6. The summed E-state index contributed by atoms with van der Waals surface area (Å²) in [6, 6.07) is 2.30. The molecule has 2 N–H and O–H groups in total. The van der Waals surface area contributed by atoms with E-state index in [0.29, 0.717) is 23.9 Å². The highest BCUT2D eigenvalue weighted by Gasteiger charge is 2.32. The lowest BCUT2D eigenvalue weighted by atomic mass is 10.1. The summed E-state index contributed by atoms with van der Waals surface area (Å²) in [6.07, 6.45) is 0.960. The maximum Gasteiger partial charge on any atom is 0.419 e. The first kappa shape index (κ1) is 21.7. The summed E-state index contributed by atoms with van der Waals surface area (Å²) in [4.78, 5) is 31.8. The largest absolute Gasteiger partial charge is 0.465 e. The summed E-state index contributed by atoms with van der Waals surface area (Å²) in [7, 11) is 1.21. The van der Waals surface area contributed by atoms with Crippen LogP contribution >= 0.6 is 0 Å². The molecule has 0 spiro atoms. The van der Waals surface area contributed by atoms with Gasteiger partial charge in [0, 0.05) is 48.5 Å². The van der Waals surface area contributed by atoms with Crippen LogP contribution in [-0.2, 0) is 10.9 Å². The predicted octanol–water partition coefficient (Wildman–Crippen LogP) is 3.28.